The largest absolute Gasteiger partial charge is 0.481 e. The normalized spacial score (nSPS) is 24.9. The van der Waals surface area contributed by atoms with Crippen LogP contribution in [-0.4, -0.2) is 65.5 Å². The molecule has 7 heteroatoms. The standard InChI is InChI=1S/C14H23N3O4/c1-16(9-12(18)17-6-2-3-7-17)14(21)15-11-5-4-10(8-11)13(19)20/h10-11H,2-9H2,1H3,(H,15,21)(H,19,20)/t10-,11+/m1/s1. The molecule has 2 N–H and O–H groups in total. The molecule has 3 amide bonds. The van der Waals surface area contributed by atoms with Crippen molar-refractivity contribution in [2.24, 2.45) is 5.92 Å². The molecule has 2 fully saturated rings. The number of carboxylic acid groups (broad SMARTS) is 1. The minimum Gasteiger partial charge on any atom is -0.481 e. The number of nitrogens with one attached hydrogen (secondary N) is 1. The van der Waals surface area contributed by atoms with Crippen LogP contribution in [0.15, 0.2) is 0 Å². The van der Waals surface area contributed by atoms with Crippen molar-refractivity contribution < 1.29 is 19.5 Å². The number of carbonyl (C=O) groups is 3. The molecule has 2 aliphatic rings. The van der Waals surface area contributed by atoms with Gasteiger partial charge in [-0.25, -0.2) is 4.79 Å². The number of nitrogens with zero attached hydrogens (tertiary/aromatic N) is 2. The lowest BCUT2D eigenvalue weighted by atomic mass is 10.1. The summed E-state index contributed by atoms with van der Waals surface area (Å²) in [4.78, 5) is 38.0. The summed E-state index contributed by atoms with van der Waals surface area (Å²) in [7, 11) is 1.59. The molecule has 118 valence electrons. The van der Waals surface area contributed by atoms with Gasteiger partial charge in [0.05, 0.1) is 5.92 Å². The summed E-state index contributed by atoms with van der Waals surface area (Å²) in [5.74, 6) is -1.20. The van der Waals surface area contributed by atoms with Gasteiger partial charge in [0.15, 0.2) is 0 Å². The van der Waals surface area contributed by atoms with Gasteiger partial charge in [-0.2, -0.15) is 0 Å². The van der Waals surface area contributed by atoms with E-state index in [2.05, 4.69) is 5.32 Å². The molecule has 2 atom stereocenters. The van der Waals surface area contributed by atoms with Crippen molar-refractivity contribution in [3.8, 4) is 0 Å². The summed E-state index contributed by atoms with van der Waals surface area (Å²) in [6.07, 6.45) is 3.79. The van der Waals surface area contributed by atoms with Crippen LogP contribution in [0.25, 0.3) is 0 Å². The molecule has 0 radical (unpaired) electrons. The number of aliphatic carboxylic acids is 1. The fourth-order valence-electron chi connectivity index (χ4n) is 2.96. The van der Waals surface area contributed by atoms with Gasteiger partial charge >= 0.3 is 12.0 Å². The van der Waals surface area contributed by atoms with Crippen LogP contribution in [-0.2, 0) is 9.59 Å². The zero-order valence-corrected chi connectivity index (χ0v) is 12.4. The van der Waals surface area contributed by atoms with Crippen molar-refractivity contribution in [1.29, 1.82) is 0 Å². The van der Waals surface area contributed by atoms with Crippen LogP contribution in [0.2, 0.25) is 0 Å². The van der Waals surface area contributed by atoms with Gasteiger partial charge in [-0.15, -0.1) is 0 Å². The Morgan fingerprint density at radius 1 is 1.24 bits per heavy atom. The highest BCUT2D eigenvalue weighted by molar-refractivity contribution is 5.84. The van der Waals surface area contributed by atoms with E-state index in [1.807, 2.05) is 0 Å². The second-order valence-corrected chi connectivity index (χ2v) is 5.94. The van der Waals surface area contributed by atoms with E-state index >= 15 is 0 Å². The summed E-state index contributed by atoms with van der Waals surface area (Å²) >= 11 is 0. The molecule has 1 saturated heterocycles. The number of carbonyl (C=O) groups excluding carboxylic acids is 2. The Hall–Kier alpha value is -1.79. The lowest BCUT2D eigenvalue weighted by Crippen LogP contribution is -2.46. The van der Waals surface area contributed by atoms with Gasteiger partial charge in [0, 0.05) is 26.2 Å². The highest BCUT2D eigenvalue weighted by Crippen LogP contribution is 2.25. The van der Waals surface area contributed by atoms with E-state index in [0.717, 1.165) is 25.9 Å². The first kappa shape index (κ1) is 15.6. The number of urea groups is 1. The van der Waals surface area contributed by atoms with E-state index in [0.29, 0.717) is 19.3 Å². The Morgan fingerprint density at radius 3 is 2.48 bits per heavy atom. The SMILES string of the molecule is CN(CC(=O)N1CCCC1)C(=O)N[C@H]1CC[C@@H](C(=O)O)C1. The van der Waals surface area contributed by atoms with Gasteiger partial charge in [0.2, 0.25) is 5.91 Å². The van der Waals surface area contributed by atoms with E-state index < -0.39 is 5.97 Å². The monoisotopic (exact) mass is 297 g/mol. The Kier molecular flexibility index (Phi) is 5.03. The average Bonchev–Trinajstić information content (AvgIpc) is 3.09. The van der Waals surface area contributed by atoms with Crippen LogP contribution in [0.3, 0.4) is 0 Å². The number of hydrogen-bond donors (Lipinski definition) is 2. The molecule has 1 aliphatic heterocycles. The van der Waals surface area contributed by atoms with E-state index in [4.69, 9.17) is 5.11 Å². The molecule has 0 bridgehead atoms. The summed E-state index contributed by atoms with van der Waals surface area (Å²) < 4.78 is 0. The van der Waals surface area contributed by atoms with E-state index in [1.165, 1.54) is 4.90 Å². The smallest absolute Gasteiger partial charge is 0.317 e. The average molecular weight is 297 g/mol. The lowest BCUT2D eigenvalue weighted by molar-refractivity contribution is -0.141. The molecule has 2 rings (SSSR count). The number of hydrogen-bond acceptors (Lipinski definition) is 3. The van der Waals surface area contributed by atoms with Crippen LogP contribution < -0.4 is 5.32 Å². The second-order valence-electron chi connectivity index (χ2n) is 5.94. The van der Waals surface area contributed by atoms with Crippen molar-refractivity contribution in [2.45, 2.75) is 38.1 Å². The van der Waals surface area contributed by atoms with Crippen molar-refractivity contribution in [3.05, 3.63) is 0 Å². The summed E-state index contributed by atoms with van der Waals surface area (Å²) in [5.41, 5.74) is 0. The third-order valence-corrected chi connectivity index (χ3v) is 4.29. The third kappa shape index (κ3) is 4.09. The maximum atomic E-state index is 12.0. The predicted octanol–water partition coefficient (Wildman–Crippen LogP) is 0.504. The topological polar surface area (TPSA) is 90.0 Å². The minimum atomic E-state index is -0.802. The maximum absolute atomic E-state index is 12.0. The van der Waals surface area contributed by atoms with Gasteiger partial charge < -0.3 is 20.2 Å². The fraction of sp³-hybridized carbons (Fsp3) is 0.786. The second kappa shape index (κ2) is 6.78. The molecule has 0 aromatic carbocycles. The quantitative estimate of drug-likeness (QED) is 0.791. The van der Waals surface area contributed by atoms with E-state index in [1.54, 1.807) is 11.9 Å². The molecule has 0 unspecified atom stereocenters. The van der Waals surface area contributed by atoms with Crippen LogP contribution in [0.5, 0.6) is 0 Å². The lowest BCUT2D eigenvalue weighted by Gasteiger charge is -2.23. The summed E-state index contributed by atoms with van der Waals surface area (Å²) in [6.45, 7) is 1.62. The zero-order valence-electron chi connectivity index (χ0n) is 12.4. The van der Waals surface area contributed by atoms with Crippen molar-refractivity contribution in [1.82, 2.24) is 15.1 Å². The molecule has 7 nitrogen and oxygen atoms in total. The van der Waals surface area contributed by atoms with Crippen molar-refractivity contribution in [3.63, 3.8) is 0 Å². The first-order valence-corrected chi connectivity index (χ1v) is 7.49. The molecule has 1 heterocycles. The van der Waals surface area contributed by atoms with Gasteiger partial charge in [-0.05, 0) is 32.1 Å². The van der Waals surface area contributed by atoms with Crippen molar-refractivity contribution in [2.75, 3.05) is 26.7 Å². The third-order valence-electron chi connectivity index (χ3n) is 4.29. The summed E-state index contributed by atoms with van der Waals surface area (Å²) in [6, 6.07) is -0.415. The van der Waals surface area contributed by atoms with Gasteiger partial charge in [-0.1, -0.05) is 0 Å². The minimum absolute atomic E-state index is 0.0278. The van der Waals surface area contributed by atoms with Crippen LogP contribution in [0.4, 0.5) is 4.79 Å². The molecule has 0 aromatic rings. The van der Waals surface area contributed by atoms with Crippen LogP contribution in [0, 0.1) is 5.92 Å². The predicted molar refractivity (Wildman–Crippen MR) is 75.7 cm³/mol. The molecule has 1 saturated carbocycles. The molecule has 0 aromatic heterocycles. The van der Waals surface area contributed by atoms with Crippen LogP contribution >= 0.6 is 0 Å². The van der Waals surface area contributed by atoms with Gasteiger partial charge in [0.1, 0.15) is 6.54 Å². The van der Waals surface area contributed by atoms with Crippen molar-refractivity contribution >= 4 is 17.9 Å². The van der Waals surface area contributed by atoms with Crippen LogP contribution in [0.1, 0.15) is 32.1 Å². The number of carboxylic acids is 1. The zero-order chi connectivity index (χ0) is 15.4. The van der Waals surface area contributed by atoms with E-state index in [9.17, 15) is 14.4 Å². The fourth-order valence-corrected chi connectivity index (χ4v) is 2.96. The van der Waals surface area contributed by atoms with E-state index in [-0.39, 0.29) is 30.4 Å². The molecule has 21 heavy (non-hydrogen) atoms. The van der Waals surface area contributed by atoms with Gasteiger partial charge in [0.25, 0.3) is 0 Å². The summed E-state index contributed by atoms with van der Waals surface area (Å²) in [5, 5.41) is 11.8. The molecule has 0 spiro atoms. The Balaban J connectivity index is 1.75. The Labute approximate surface area is 124 Å². The highest BCUT2D eigenvalue weighted by Gasteiger charge is 2.31. The molecular weight excluding hydrogens is 274 g/mol. The number of likely N-dealkylation sites (tertiary alicyclic amines) is 1. The van der Waals surface area contributed by atoms with Gasteiger partial charge in [-0.3, -0.25) is 9.59 Å². The Bertz CT molecular complexity index is 420. The number of rotatable bonds is 4. The molecular formula is C14H23N3O4. The molecule has 1 aliphatic carbocycles. The number of amides is 3. The number of likely N-dealkylation sites (N-methyl/N-ethyl adjacent to an activating group) is 1. The maximum Gasteiger partial charge on any atom is 0.317 e. The Morgan fingerprint density at radius 2 is 1.90 bits per heavy atom. The highest BCUT2D eigenvalue weighted by atomic mass is 16.4. The first-order chi connectivity index (χ1) is 9.97. The first-order valence-electron chi connectivity index (χ1n) is 7.49.